The van der Waals surface area contributed by atoms with Crippen molar-refractivity contribution in [3.05, 3.63) is 67.2 Å². The van der Waals surface area contributed by atoms with Crippen LogP contribution in [0, 0.1) is 17.4 Å². The summed E-state index contributed by atoms with van der Waals surface area (Å²) in [5.74, 6) is 0. The van der Waals surface area contributed by atoms with Crippen molar-refractivity contribution in [3.8, 4) is 0 Å². The largest absolute Gasteiger partial charge is 0.320 e. The molecule has 0 fully saturated rings. The highest BCUT2D eigenvalue weighted by Gasteiger charge is 2.13. The normalized spacial score (nSPS) is 12.5. The Bertz CT molecular complexity index is 560. The van der Waals surface area contributed by atoms with Crippen LogP contribution < -0.4 is 5.73 Å². The second kappa shape index (κ2) is 5.59. The summed E-state index contributed by atoms with van der Waals surface area (Å²) in [5.41, 5.74) is 11.0. The van der Waals surface area contributed by atoms with Gasteiger partial charge in [0.15, 0.2) is 0 Å². The van der Waals surface area contributed by atoms with E-state index in [0.29, 0.717) is 0 Å². The maximum Gasteiger partial charge on any atom is 0.0562 e. The van der Waals surface area contributed by atoms with Gasteiger partial charge in [-0.25, -0.2) is 0 Å². The Morgan fingerprint density at radius 2 is 1.67 bits per heavy atom. The number of hydrogen-bond donors (Lipinski definition) is 1. The van der Waals surface area contributed by atoms with Gasteiger partial charge in [0.2, 0.25) is 0 Å². The summed E-state index contributed by atoms with van der Waals surface area (Å²) in [6.45, 7) is 4.18. The summed E-state index contributed by atoms with van der Waals surface area (Å²) in [5, 5.41) is 0.727. The molecule has 2 rings (SSSR count). The van der Waals surface area contributed by atoms with E-state index in [9.17, 15) is 0 Å². The van der Waals surface area contributed by atoms with E-state index in [1.165, 1.54) is 11.1 Å². The quantitative estimate of drug-likeness (QED) is 0.767. The molecule has 0 saturated carbocycles. The van der Waals surface area contributed by atoms with E-state index in [2.05, 4.69) is 54.6 Å². The van der Waals surface area contributed by atoms with Crippen LogP contribution in [0.5, 0.6) is 0 Å². The first-order valence-corrected chi connectivity index (χ1v) is 7.22. The van der Waals surface area contributed by atoms with E-state index in [4.69, 9.17) is 17.3 Å². The molecule has 2 aromatic carbocycles. The van der Waals surface area contributed by atoms with Gasteiger partial charge in [-0.1, -0.05) is 40.9 Å². The maximum absolute atomic E-state index is 6.36. The molecular formula is C15H15ClIN. The smallest absolute Gasteiger partial charge is 0.0562 e. The van der Waals surface area contributed by atoms with Crippen LogP contribution in [0.3, 0.4) is 0 Å². The SMILES string of the molecule is Cc1cc(C)cc(C(N)c2cc(Cl)ccc2I)c1. The zero-order valence-electron chi connectivity index (χ0n) is 10.4. The third kappa shape index (κ3) is 3.05. The van der Waals surface area contributed by atoms with Crippen molar-refractivity contribution >= 4 is 34.2 Å². The van der Waals surface area contributed by atoms with Crippen molar-refractivity contribution in [1.29, 1.82) is 0 Å². The van der Waals surface area contributed by atoms with Crippen LogP contribution >= 0.6 is 34.2 Å². The van der Waals surface area contributed by atoms with Crippen LogP contribution in [0.15, 0.2) is 36.4 Å². The molecule has 1 unspecified atom stereocenters. The number of aryl methyl sites for hydroxylation is 2. The fourth-order valence-electron chi connectivity index (χ4n) is 2.12. The first-order valence-electron chi connectivity index (χ1n) is 5.76. The Morgan fingerprint density at radius 1 is 1.06 bits per heavy atom. The monoisotopic (exact) mass is 371 g/mol. The molecule has 0 radical (unpaired) electrons. The molecule has 0 aromatic heterocycles. The third-order valence-corrected chi connectivity index (χ3v) is 4.11. The molecule has 0 heterocycles. The Hall–Kier alpha value is -0.580. The van der Waals surface area contributed by atoms with Crippen molar-refractivity contribution in [2.24, 2.45) is 5.73 Å². The van der Waals surface area contributed by atoms with Crippen LogP contribution in [0.4, 0.5) is 0 Å². The first-order chi connectivity index (χ1) is 8.47. The molecule has 1 nitrogen and oxygen atoms in total. The molecule has 0 aliphatic heterocycles. The van der Waals surface area contributed by atoms with E-state index in [-0.39, 0.29) is 6.04 Å². The van der Waals surface area contributed by atoms with E-state index in [1.54, 1.807) is 0 Å². The molecular weight excluding hydrogens is 357 g/mol. The van der Waals surface area contributed by atoms with Crippen molar-refractivity contribution < 1.29 is 0 Å². The third-order valence-electron chi connectivity index (χ3n) is 2.90. The number of benzene rings is 2. The van der Waals surface area contributed by atoms with Gasteiger partial charge in [-0.2, -0.15) is 0 Å². The average Bonchev–Trinajstić information content (AvgIpc) is 2.30. The highest BCUT2D eigenvalue weighted by atomic mass is 127. The topological polar surface area (TPSA) is 26.0 Å². The summed E-state index contributed by atoms with van der Waals surface area (Å²) in [6.07, 6.45) is 0. The van der Waals surface area contributed by atoms with Crippen LogP contribution in [0.2, 0.25) is 5.02 Å². The lowest BCUT2D eigenvalue weighted by molar-refractivity contribution is 0.862. The molecule has 0 bridgehead atoms. The predicted molar refractivity (Wildman–Crippen MR) is 86.1 cm³/mol. The van der Waals surface area contributed by atoms with Gasteiger partial charge >= 0.3 is 0 Å². The Morgan fingerprint density at radius 3 is 2.28 bits per heavy atom. The zero-order chi connectivity index (χ0) is 13.3. The zero-order valence-corrected chi connectivity index (χ0v) is 13.3. The van der Waals surface area contributed by atoms with Gasteiger partial charge in [-0.3, -0.25) is 0 Å². The van der Waals surface area contributed by atoms with Gasteiger partial charge in [0, 0.05) is 8.59 Å². The number of hydrogen-bond acceptors (Lipinski definition) is 1. The standard InChI is InChI=1S/C15H15ClIN/c1-9-5-10(2)7-11(6-9)15(18)13-8-12(16)3-4-14(13)17/h3-8,15H,18H2,1-2H3. The first kappa shape index (κ1) is 13.8. The predicted octanol–water partition coefficient (Wildman–Crippen LogP) is 4.61. The van der Waals surface area contributed by atoms with Gasteiger partial charge < -0.3 is 5.73 Å². The van der Waals surface area contributed by atoms with Gasteiger partial charge in [0.1, 0.15) is 0 Å². The molecule has 94 valence electrons. The maximum atomic E-state index is 6.36. The molecule has 2 N–H and O–H groups in total. The molecule has 0 spiro atoms. The molecule has 3 heteroatoms. The van der Waals surface area contributed by atoms with Crippen molar-refractivity contribution in [3.63, 3.8) is 0 Å². The summed E-state index contributed by atoms with van der Waals surface area (Å²) in [7, 11) is 0. The molecule has 0 aliphatic carbocycles. The van der Waals surface area contributed by atoms with Crippen molar-refractivity contribution in [2.75, 3.05) is 0 Å². The van der Waals surface area contributed by atoms with Crippen LogP contribution in [0.1, 0.15) is 28.3 Å². The van der Waals surface area contributed by atoms with Gasteiger partial charge in [-0.05, 0) is 65.8 Å². The summed E-state index contributed by atoms with van der Waals surface area (Å²) in [6, 6.07) is 12.1. The summed E-state index contributed by atoms with van der Waals surface area (Å²) in [4.78, 5) is 0. The lowest BCUT2D eigenvalue weighted by atomic mass is 9.96. The fourth-order valence-corrected chi connectivity index (χ4v) is 2.97. The summed E-state index contributed by atoms with van der Waals surface area (Å²) < 4.78 is 1.14. The molecule has 2 aromatic rings. The number of halogens is 2. The number of rotatable bonds is 2. The fraction of sp³-hybridized carbons (Fsp3) is 0.200. The highest BCUT2D eigenvalue weighted by molar-refractivity contribution is 14.1. The second-order valence-corrected chi connectivity index (χ2v) is 6.16. The highest BCUT2D eigenvalue weighted by Crippen LogP contribution is 2.28. The molecule has 18 heavy (non-hydrogen) atoms. The van der Waals surface area contributed by atoms with E-state index < -0.39 is 0 Å². The van der Waals surface area contributed by atoms with Crippen LogP contribution in [-0.4, -0.2) is 0 Å². The van der Waals surface area contributed by atoms with Gasteiger partial charge in [-0.15, -0.1) is 0 Å². The van der Waals surface area contributed by atoms with Crippen LogP contribution in [-0.2, 0) is 0 Å². The Balaban J connectivity index is 2.47. The molecule has 0 aliphatic rings. The number of nitrogens with two attached hydrogens (primary N) is 1. The summed E-state index contributed by atoms with van der Waals surface area (Å²) >= 11 is 8.35. The minimum absolute atomic E-state index is 0.130. The van der Waals surface area contributed by atoms with E-state index >= 15 is 0 Å². The Labute approximate surface area is 126 Å². The minimum Gasteiger partial charge on any atom is -0.320 e. The van der Waals surface area contributed by atoms with Gasteiger partial charge in [0.25, 0.3) is 0 Å². The van der Waals surface area contributed by atoms with Crippen LogP contribution in [0.25, 0.3) is 0 Å². The van der Waals surface area contributed by atoms with Crippen molar-refractivity contribution in [2.45, 2.75) is 19.9 Å². The second-order valence-electron chi connectivity index (χ2n) is 4.56. The van der Waals surface area contributed by atoms with Crippen molar-refractivity contribution in [1.82, 2.24) is 0 Å². The Kier molecular flexibility index (Phi) is 4.30. The lowest BCUT2D eigenvalue weighted by Gasteiger charge is -2.16. The minimum atomic E-state index is -0.130. The van der Waals surface area contributed by atoms with Gasteiger partial charge in [0.05, 0.1) is 6.04 Å². The van der Waals surface area contributed by atoms with E-state index in [0.717, 1.165) is 19.7 Å². The molecule has 1 atom stereocenters. The van der Waals surface area contributed by atoms with E-state index in [1.807, 2.05) is 18.2 Å². The average molecular weight is 372 g/mol. The molecule has 0 saturated heterocycles. The molecule has 0 amide bonds. The lowest BCUT2D eigenvalue weighted by Crippen LogP contribution is -2.13.